The summed E-state index contributed by atoms with van der Waals surface area (Å²) in [4.78, 5) is 28.7. The van der Waals surface area contributed by atoms with Crippen LogP contribution in [-0.2, 0) is 19.1 Å². The van der Waals surface area contributed by atoms with E-state index < -0.39 is 23.8 Å². The minimum Gasteiger partial charge on any atom is -0.481 e. The number of esters is 1. The van der Waals surface area contributed by atoms with E-state index in [0.717, 1.165) is 13.8 Å². The SMILES string of the molecule is CC(=O)O.CC(=O)O.CCOC(=O)C(CO)CO. The molecule has 0 aliphatic heterocycles. The normalized spacial score (nSPS) is 8.33. The highest BCUT2D eigenvalue weighted by Crippen LogP contribution is 1.96. The quantitative estimate of drug-likeness (QED) is 0.492. The molecule has 0 aliphatic rings. The van der Waals surface area contributed by atoms with Crippen molar-refractivity contribution in [1.29, 1.82) is 0 Å². The van der Waals surface area contributed by atoms with E-state index in [0.29, 0.717) is 0 Å². The molecule has 0 rings (SSSR count). The summed E-state index contributed by atoms with van der Waals surface area (Å²) in [6.45, 7) is 3.38. The number of carboxylic acids is 2. The molecule has 0 aromatic carbocycles. The minimum atomic E-state index is -0.833. The van der Waals surface area contributed by atoms with E-state index in [2.05, 4.69) is 4.74 Å². The van der Waals surface area contributed by atoms with E-state index in [1.807, 2.05) is 0 Å². The molecule has 0 fully saturated rings. The lowest BCUT2D eigenvalue weighted by Crippen LogP contribution is -2.24. The summed E-state index contributed by atoms with van der Waals surface area (Å²) in [6.07, 6.45) is 0. The molecule has 0 aromatic rings. The highest BCUT2D eigenvalue weighted by Gasteiger charge is 2.16. The van der Waals surface area contributed by atoms with Gasteiger partial charge in [0.2, 0.25) is 0 Å². The number of hydrogen-bond acceptors (Lipinski definition) is 6. The van der Waals surface area contributed by atoms with Gasteiger partial charge in [0.25, 0.3) is 11.9 Å². The van der Waals surface area contributed by atoms with Gasteiger partial charge in [-0.1, -0.05) is 0 Å². The van der Waals surface area contributed by atoms with Crippen LogP contribution in [0.4, 0.5) is 0 Å². The van der Waals surface area contributed by atoms with E-state index in [1.54, 1.807) is 6.92 Å². The largest absolute Gasteiger partial charge is 0.481 e. The van der Waals surface area contributed by atoms with Gasteiger partial charge in [-0.05, 0) is 6.92 Å². The first-order valence-corrected chi connectivity index (χ1v) is 5.00. The standard InChI is InChI=1S/C6H12O4.2C2H4O2/c1-2-10-6(9)5(3-7)4-8;2*1-2(3)4/h5,7-8H,2-4H2,1H3;2*1H3,(H,3,4). The van der Waals surface area contributed by atoms with Gasteiger partial charge in [0.1, 0.15) is 5.92 Å². The average Bonchev–Trinajstić information content (AvgIpc) is 2.18. The number of carbonyl (C=O) groups is 3. The Hall–Kier alpha value is -1.67. The Bertz CT molecular complexity index is 214. The zero-order chi connectivity index (χ0) is 15.1. The molecule has 18 heavy (non-hydrogen) atoms. The van der Waals surface area contributed by atoms with Crippen molar-refractivity contribution in [3.63, 3.8) is 0 Å². The van der Waals surface area contributed by atoms with Gasteiger partial charge in [0.15, 0.2) is 0 Å². The summed E-state index contributed by atoms with van der Waals surface area (Å²) in [5.74, 6) is -2.99. The van der Waals surface area contributed by atoms with Gasteiger partial charge < -0.3 is 25.2 Å². The van der Waals surface area contributed by atoms with E-state index in [-0.39, 0.29) is 19.8 Å². The van der Waals surface area contributed by atoms with E-state index >= 15 is 0 Å². The fraction of sp³-hybridized carbons (Fsp3) is 0.700. The van der Waals surface area contributed by atoms with Crippen LogP contribution in [0.25, 0.3) is 0 Å². The molecule has 0 amide bonds. The lowest BCUT2D eigenvalue weighted by molar-refractivity contribution is -0.150. The first-order chi connectivity index (χ1) is 8.22. The molecule has 4 N–H and O–H groups in total. The topological polar surface area (TPSA) is 141 Å². The molecule has 8 heteroatoms. The number of aliphatic carboxylic acids is 2. The highest BCUT2D eigenvalue weighted by atomic mass is 16.5. The molecule has 0 spiro atoms. The van der Waals surface area contributed by atoms with Crippen molar-refractivity contribution in [1.82, 2.24) is 0 Å². The Morgan fingerprint density at radius 2 is 1.28 bits per heavy atom. The average molecular weight is 268 g/mol. The smallest absolute Gasteiger partial charge is 0.313 e. The van der Waals surface area contributed by atoms with Gasteiger partial charge in [-0.15, -0.1) is 0 Å². The summed E-state index contributed by atoms with van der Waals surface area (Å²) < 4.78 is 4.53. The summed E-state index contributed by atoms with van der Waals surface area (Å²) in [7, 11) is 0. The molecule has 108 valence electrons. The number of rotatable bonds is 4. The Labute approximate surface area is 105 Å². The number of aliphatic hydroxyl groups excluding tert-OH is 2. The predicted molar refractivity (Wildman–Crippen MR) is 60.9 cm³/mol. The third-order valence-electron chi connectivity index (χ3n) is 1.06. The predicted octanol–water partition coefficient (Wildman–Crippen LogP) is -0.668. The van der Waals surface area contributed by atoms with E-state index in [4.69, 9.17) is 30.0 Å². The van der Waals surface area contributed by atoms with Crippen LogP contribution < -0.4 is 0 Å². The van der Waals surface area contributed by atoms with Crippen molar-refractivity contribution >= 4 is 17.9 Å². The van der Waals surface area contributed by atoms with Crippen molar-refractivity contribution in [3.05, 3.63) is 0 Å². The molecule has 8 nitrogen and oxygen atoms in total. The molecule has 0 unspecified atom stereocenters. The number of carboxylic acid groups (broad SMARTS) is 2. The van der Waals surface area contributed by atoms with Crippen LogP contribution in [0.2, 0.25) is 0 Å². The maximum atomic E-state index is 10.7. The number of ether oxygens (including phenoxy) is 1. The summed E-state index contributed by atoms with van der Waals surface area (Å²) in [6, 6.07) is 0. The fourth-order valence-corrected chi connectivity index (χ4v) is 0.467. The molecular formula is C10H20O8. The van der Waals surface area contributed by atoms with Crippen molar-refractivity contribution in [2.24, 2.45) is 5.92 Å². The first kappa shape index (κ1) is 21.6. The second kappa shape index (κ2) is 15.3. The van der Waals surface area contributed by atoms with Crippen LogP contribution in [0.1, 0.15) is 20.8 Å². The monoisotopic (exact) mass is 268 g/mol. The van der Waals surface area contributed by atoms with Crippen LogP contribution >= 0.6 is 0 Å². The zero-order valence-electron chi connectivity index (χ0n) is 10.6. The van der Waals surface area contributed by atoms with Crippen molar-refractivity contribution < 1.29 is 39.5 Å². The Morgan fingerprint density at radius 1 is 1.00 bits per heavy atom. The minimum absolute atomic E-state index is 0.273. The third-order valence-corrected chi connectivity index (χ3v) is 1.06. The second-order valence-electron chi connectivity index (χ2n) is 2.85. The second-order valence-corrected chi connectivity index (χ2v) is 2.85. The van der Waals surface area contributed by atoms with Crippen LogP contribution in [0.15, 0.2) is 0 Å². The van der Waals surface area contributed by atoms with Gasteiger partial charge >= 0.3 is 5.97 Å². The molecule has 0 saturated carbocycles. The zero-order valence-corrected chi connectivity index (χ0v) is 10.6. The van der Waals surface area contributed by atoms with Gasteiger partial charge in [-0.3, -0.25) is 14.4 Å². The maximum Gasteiger partial charge on any atom is 0.313 e. The number of hydrogen-bond donors (Lipinski definition) is 4. The maximum absolute atomic E-state index is 10.7. The summed E-state index contributed by atoms with van der Waals surface area (Å²) >= 11 is 0. The van der Waals surface area contributed by atoms with Gasteiger partial charge in [-0.25, -0.2) is 0 Å². The lowest BCUT2D eigenvalue weighted by Gasteiger charge is -2.08. The molecule has 0 aromatic heterocycles. The third kappa shape index (κ3) is 29.3. The van der Waals surface area contributed by atoms with Crippen LogP contribution in [0.3, 0.4) is 0 Å². The Balaban J connectivity index is -0.000000233. The first-order valence-electron chi connectivity index (χ1n) is 5.00. The molecule has 0 aliphatic carbocycles. The Morgan fingerprint density at radius 3 is 1.44 bits per heavy atom. The molecular weight excluding hydrogens is 248 g/mol. The van der Waals surface area contributed by atoms with Gasteiger partial charge in [-0.2, -0.15) is 0 Å². The van der Waals surface area contributed by atoms with Crippen molar-refractivity contribution in [3.8, 4) is 0 Å². The summed E-state index contributed by atoms with van der Waals surface area (Å²) in [5, 5.41) is 31.8. The van der Waals surface area contributed by atoms with Crippen LogP contribution in [0, 0.1) is 5.92 Å². The van der Waals surface area contributed by atoms with Crippen molar-refractivity contribution in [2.75, 3.05) is 19.8 Å². The van der Waals surface area contributed by atoms with Crippen molar-refractivity contribution in [2.45, 2.75) is 20.8 Å². The molecule has 0 bridgehead atoms. The number of carbonyl (C=O) groups excluding carboxylic acids is 1. The molecule has 0 heterocycles. The van der Waals surface area contributed by atoms with E-state index in [1.165, 1.54) is 0 Å². The number of aliphatic hydroxyl groups is 2. The van der Waals surface area contributed by atoms with Gasteiger partial charge in [0.05, 0.1) is 19.8 Å². The van der Waals surface area contributed by atoms with Crippen LogP contribution in [-0.4, -0.2) is 58.2 Å². The van der Waals surface area contributed by atoms with Crippen LogP contribution in [0.5, 0.6) is 0 Å². The van der Waals surface area contributed by atoms with E-state index in [9.17, 15) is 4.79 Å². The van der Waals surface area contributed by atoms with Gasteiger partial charge in [0, 0.05) is 13.8 Å². The lowest BCUT2D eigenvalue weighted by atomic mass is 10.2. The summed E-state index contributed by atoms with van der Waals surface area (Å²) in [5.41, 5.74) is 0. The molecule has 0 radical (unpaired) electrons. The highest BCUT2D eigenvalue weighted by molar-refractivity contribution is 5.72. The fourth-order valence-electron chi connectivity index (χ4n) is 0.467. The Kier molecular flexibility index (Phi) is 18.4. The molecule has 0 saturated heterocycles. The molecule has 0 atom stereocenters.